The van der Waals surface area contributed by atoms with Crippen molar-refractivity contribution < 1.29 is 22.8 Å². The minimum Gasteiger partial charge on any atom is -0.338 e. The van der Waals surface area contributed by atoms with Crippen LogP contribution in [0, 0.1) is 0 Å². The highest BCUT2D eigenvalue weighted by molar-refractivity contribution is 5.95. The summed E-state index contributed by atoms with van der Waals surface area (Å²) in [5.41, 5.74) is 1.79. The van der Waals surface area contributed by atoms with Gasteiger partial charge in [-0.25, -0.2) is 4.79 Å². The highest BCUT2D eigenvalue weighted by Crippen LogP contribution is 2.29. The average molecular weight is 405 g/mol. The maximum Gasteiger partial charge on any atom is 0.416 e. The monoisotopic (exact) mass is 405 g/mol. The Morgan fingerprint density at radius 1 is 0.966 bits per heavy atom. The van der Waals surface area contributed by atoms with E-state index < -0.39 is 11.7 Å². The molecule has 5 nitrogen and oxygen atoms in total. The minimum absolute atomic E-state index is 0.128. The van der Waals surface area contributed by atoms with E-state index >= 15 is 0 Å². The number of nitrogens with zero attached hydrogens (tertiary/aromatic N) is 1. The first-order valence-electron chi connectivity index (χ1n) is 9.40. The second-order valence-electron chi connectivity index (χ2n) is 6.87. The summed E-state index contributed by atoms with van der Waals surface area (Å²) < 4.78 is 37.6. The standard InChI is InChI=1S/C21H22F3N3O2/c22-21(23,24)17-7-3-15(4-8-17)11-12-25-20(29)26-14-16-5-9-18(10-6-16)27-13-1-2-19(27)28/h3-10H,1-2,11-14H2,(H2,25,26,29). The van der Waals surface area contributed by atoms with E-state index in [1.807, 2.05) is 24.3 Å². The number of amides is 3. The lowest BCUT2D eigenvalue weighted by atomic mass is 10.1. The Morgan fingerprint density at radius 3 is 2.21 bits per heavy atom. The molecule has 154 valence electrons. The summed E-state index contributed by atoms with van der Waals surface area (Å²) >= 11 is 0. The summed E-state index contributed by atoms with van der Waals surface area (Å²) in [6.45, 7) is 1.38. The van der Waals surface area contributed by atoms with Crippen molar-refractivity contribution in [2.75, 3.05) is 18.0 Å². The van der Waals surface area contributed by atoms with Gasteiger partial charge in [-0.05, 0) is 48.2 Å². The zero-order valence-corrected chi connectivity index (χ0v) is 15.8. The lowest BCUT2D eigenvalue weighted by Crippen LogP contribution is -2.36. The molecule has 0 radical (unpaired) electrons. The third-order valence-electron chi connectivity index (χ3n) is 4.75. The van der Waals surface area contributed by atoms with E-state index in [2.05, 4.69) is 10.6 Å². The predicted molar refractivity (Wildman–Crippen MR) is 103 cm³/mol. The molecule has 1 aliphatic heterocycles. The molecule has 0 bridgehead atoms. The number of hydrogen-bond acceptors (Lipinski definition) is 2. The number of carbonyl (C=O) groups excluding carboxylic acids is 2. The SMILES string of the molecule is O=C(NCCc1ccc(C(F)(F)F)cc1)NCc1ccc(N2CCCC2=O)cc1. The lowest BCUT2D eigenvalue weighted by Gasteiger charge is -2.16. The van der Waals surface area contributed by atoms with Gasteiger partial charge in [0.15, 0.2) is 0 Å². The number of rotatable bonds is 6. The number of halogens is 3. The first-order chi connectivity index (χ1) is 13.8. The van der Waals surface area contributed by atoms with Crippen molar-refractivity contribution in [3.05, 3.63) is 65.2 Å². The summed E-state index contributed by atoms with van der Waals surface area (Å²) in [6.07, 6.45) is -2.46. The Morgan fingerprint density at radius 2 is 1.62 bits per heavy atom. The van der Waals surface area contributed by atoms with Gasteiger partial charge < -0.3 is 15.5 Å². The molecule has 0 spiro atoms. The van der Waals surface area contributed by atoms with E-state index in [0.717, 1.165) is 36.3 Å². The number of urea groups is 1. The highest BCUT2D eigenvalue weighted by Gasteiger charge is 2.29. The molecule has 1 aliphatic rings. The van der Waals surface area contributed by atoms with E-state index in [-0.39, 0.29) is 11.9 Å². The van der Waals surface area contributed by atoms with Crippen molar-refractivity contribution in [2.24, 2.45) is 0 Å². The zero-order valence-electron chi connectivity index (χ0n) is 15.8. The van der Waals surface area contributed by atoms with Crippen molar-refractivity contribution in [3.63, 3.8) is 0 Å². The van der Waals surface area contributed by atoms with Gasteiger partial charge in [-0.3, -0.25) is 4.79 Å². The molecule has 3 rings (SSSR count). The number of carbonyl (C=O) groups is 2. The van der Waals surface area contributed by atoms with E-state index in [9.17, 15) is 22.8 Å². The molecule has 2 aromatic rings. The van der Waals surface area contributed by atoms with Crippen molar-refractivity contribution in [2.45, 2.75) is 32.0 Å². The molecule has 8 heteroatoms. The molecule has 0 unspecified atom stereocenters. The topological polar surface area (TPSA) is 61.4 Å². The summed E-state index contributed by atoms with van der Waals surface area (Å²) in [7, 11) is 0. The fourth-order valence-electron chi connectivity index (χ4n) is 3.14. The molecule has 2 N–H and O–H groups in total. The molecule has 0 saturated carbocycles. The van der Waals surface area contributed by atoms with Crippen LogP contribution in [0.2, 0.25) is 0 Å². The van der Waals surface area contributed by atoms with Crippen molar-refractivity contribution in [3.8, 4) is 0 Å². The zero-order chi connectivity index (χ0) is 20.9. The van der Waals surface area contributed by atoms with Crippen LogP contribution in [-0.4, -0.2) is 25.0 Å². The molecule has 2 aromatic carbocycles. The number of hydrogen-bond donors (Lipinski definition) is 2. The van der Waals surface area contributed by atoms with Crippen LogP contribution in [0.25, 0.3) is 0 Å². The maximum atomic E-state index is 12.5. The molecule has 0 aliphatic carbocycles. The minimum atomic E-state index is -4.35. The molecule has 0 atom stereocenters. The van der Waals surface area contributed by atoms with Gasteiger partial charge in [-0.15, -0.1) is 0 Å². The third-order valence-corrected chi connectivity index (χ3v) is 4.75. The van der Waals surface area contributed by atoms with Crippen molar-refractivity contribution in [1.82, 2.24) is 10.6 Å². The predicted octanol–water partition coefficient (Wildman–Crippen LogP) is 3.87. The first kappa shape index (κ1) is 20.7. The van der Waals surface area contributed by atoms with Crippen LogP contribution in [-0.2, 0) is 23.9 Å². The van der Waals surface area contributed by atoms with Gasteiger partial charge in [0.25, 0.3) is 0 Å². The number of alkyl halides is 3. The Kier molecular flexibility index (Phi) is 6.41. The van der Waals surface area contributed by atoms with Gasteiger partial charge in [0.05, 0.1) is 5.56 Å². The van der Waals surface area contributed by atoms with Gasteiger partial charge in [0.2, 0.25) is 5.91 Å². The van der Waals surface area contributed by atoms with E-state index in [0.29, 0.717) is 31.5 Å². The highest BCUT2D eigenvalue weighted by atomic mass is 19.4. The van der Waals surface area contributed by atoms with Gasteiger partial charge in [-0.1, -0.05) is 24.3 Å². The van der Waals surface area contributed by atoms with E-state index in [1.165, 1.54) is 12.1 Å². The second-order valence-corrected chi connectivity index (χ2v) is 6.87. The van der Waals surface area contributed by atoms with Crippen LogP contribution >= 0.6 is 0 Å². The second kappa shape index (κ2) is 8.98. The summed E-state index contributed by atoms with van der Waals surface area (Å²) in [4.78, 5) is 25.4. The number of nitrogens with one attached hydrogen (secondary N) is 2. The lowest BCUT2D eigenvalue weighted by molar-refractivity contribution is -0.137. The summed E-state index contributed by atoms with van der Waals surface area (Å²) in [5, 5.41) is 5.42. The van der Waals surface area contributed by atoms with E-state index in [4.69, 9.17) is 0 Å². The molecule has 29 heavy (non-hydrogen) atoms. The molecular weight excluding hydrogens is 383 g/mol. The fraction of sp³-hybridized carbons (Fsp3) is 0.333. The molecule has 1 fully saturated rings. The maximum absolute atomic E-state index is 12.5. The molecule has 0 aromatic heterocycles. The normalized spacial score (nSPS) is 14.2. The molecule has 1 saturated heterocycles. The molecular formula is C21H22F3N3O2. The van der Waals surface area contributed by atoms with Crippen LogP contribution < -0.4 is 15.5 Å². The van der Waals surface area contributed by atoms with Gasteiger partial charge in [0, 0.05) is 31.7 Å². The van der Waals surface area contributed by atoms with E-state index in [1.54, 1.807) is 4.90 Å². The Balaban J connectivity index is 1.39. The number of benzene rings is 2. The summed E-state index contributed by atoms with van der Waals surface area (Å²) in [5.74, 6) is 0.128. The summed E-state index contributed by atoms with van der Waals surface area (Å²) in [6, 6.07) is 12.0. The first-order valence-corrected chi connectivity index (χ1v) is 9.40. The number of anilines is 1. The third kappa shape index (κ3) is 5.73. The fourth-order valence-corrected chi connectivity index (χ4v) is 3.14. The Labute approximate surface area is 166 Å². The molecule has 1 heterocycles. The average Bonchev–Trinajstić information content (AvgIpc) is 3.12. The van der Waals surface area contributed by atoms with Crippen LogP contribution in [0.1, 0.15) is 29.5 Å². The van der Waals surface area contributed by atoms with Crippen LogP contribution in [0.4, 0.5) is 23.7 Å². The Hall–Kier alpha value is -3.03. The van der Waals surface area contributed by atoms with Crippen molar-refractivity contribution >= 4 is 17.6 Å². The quantitative estimate of drug-likeness (QED) is 0.766. The van der Waals surface area contributed by atoms with Crippen LogP contribution in [0.5, 0.6) is 0 Å². The van der Waals surface area contributed by atoms with Crippen LogP contribution in [0.15, 0.2) is 48.5 Å². The van der Waals surface area contributed by atoms with Gasteiger partial charge >= 0.3 is 12.2 Å². The largest absolute Gasteiger partial charge is 0.416 e. The smallest absolute Gasteiger partial charge is 0.338 e. The van der Waals surface area contributed by atoms with Gasteiger partial charge in [0.1, 0.15) is 0 Å². The van der Waals surface area contributed by atoms with Crippen molar-refractivity contribution in [1.29, 1.82) is 0 Å². The van der Waals surface area contributed by atoms with Gasteiger partial charge in [-0.2, -0.15) is 13.2 Å². The molecule has 3 amide bonds. The van der Waals surface area contributed by atoms with Crippen LogP contribution in [0.3, 0.4) is 0 Å². The Bertz CT molecular complexity index is 849.